The number of aryl methyl sites for hydroxylation is 2. The molecule has 0 saturated carbocycles. The van der Waals surface area contributed by atoms with Crippen LogP contribution in [0.4, 0.5) is 5.82 Å². The van der Waals surface area contributed by atoms with Gasteiger partial charge in [0.1, 0.15) is 5.82 Å². The van der Waals surface area contributed by atoms with Gasteiger partial charge in [-0.1, -0.05) is 6.92 Å². The van der Waals surface area contributed by atoms with Gasteiger partial charge < -0.3 is 11.1 Å². The van der Waals surface area contributed by atoms with Crippen molar-refractivity contribution < 1.29 is 4.79 Å². The first-order valence-electron chi connectivity index (χ1n) is 6.03. The minimum atomic E-state index is -0.142. The Balaban J connectivity index is 2.08. The normalized spacial score (nSPS) is 10.4. The number of hydrogen-bond donors (Lipinski definition) is 2. The second-order valence-corrected chi connectivity index (χ2v) is 5.11. The number of nitrogens with one attached hydrogen (secondary N) is 1. The van der Waals surface area contributed by atoms with Crippen LogP contribution >= 0.6 is 11.3 Å². The van der Waals surface area contributed by atoms with E-state index in [1.807, 2.05) is 13.8 Å². The van der Waals surface area contributed by atoms with E-state index in [1.54, 1.807) is 17.6 Å². The summed E-state index contributed by atoms with van der Waals surface area (Å²) in [6.07, 6.45) is 0.749. The lowest BCUT2D eigenvalue weighted by molar-refractivity contribution is 0.0951. The van der Waals surface area contributed by atoms with E-state index in [-0.39, 0.29) is 5.91 Å². The lowest BCUT2D eigenvalue weighted by Gasteiger charge is -2.06. The number of amides is 1. The molecule has 0 fully saturated rings. The molecule has 0 radical (unpaired) electrons. The largest absolute Gasteiger partial charge is 0.384 e. The van der Waals surface area contributed by atoms with Crippen molar-refractivity contribution in [1.82, 2.24) is 15.3 Å². The number of thiazole rings is 1. The van der Waals surface area contributed by atoms with Crippen LogP contribution in [0.1, 0.15) is 33.5 Å². The Morgan fingerprint density at radius 1 is 1.47 bits per heavy atom. The van der Waals surface area contributed by atoms with Crippen LogP contribution in [0.15, 0.2) is 17.6 Å². The zero-order chi connectivity index (χ0) is 13.8. The summed E-state index contributed by atoms with van der Waals surface area (Å²) >= 11 is 1.53. The van der Waals surface area contributed by atoms with Crippen molar-refractivity contribution in [3.63, 3.8) is 0 Å². The highest BCUT2D eigenvalue weighted by Crippen LogP contribution is 2.12. The number of nitrogens with zero attached hydrogens (tertiary/aromatic N) is 2. The Hall–Kier alpha value is -1.95. The van der Waals surface area contributed by atoms with Gasteiger partial charge in [-0.05, 0) is 25.5 Å². The highest BCUT2D eigenvalue weighted by molar-refractivity contribution is 7.09. The topological polar surface area (TPSA) is 80.9 Å². The number of anilines is 1. The van der Waals surface area contributed by atoms with E-state index in [4.69, 9.17) is 5.73 Å². The van der Waals surface area contributed by atoms with E-state index >= 15 is 0 Å². The van der Waals surface area contributed by atoms with Crippen molar-refractivity contribution in [1.29, 1.82) is 0 Å². The molecule has 0 saturated heterocycles. The third-order valence-corrected chi connectivity index (χ3v) is 3.71. The molecule has 2 aromatic heterocycles. The molecule has 2 rings (SSSR count). The molecule has 3 N–H and O–H groups in total. The first-order valence-corrected chi connectivity index (χ1v) is 6.91. The van der Waals surface area contributed by atoms with Gasteiger partial charge in [0, 0.05) is 16.1 Å². The minimum Gasteiger partial charge on any atom is -0.384 e. The van der Waals surface area contributed by atoms with Gasteiger partial charge in [0.05, 0.1) is 17.7 Å². The van der Waals surface area contributed by atoms with E-state index in [0.717, 1.165) is 22.7 Å². The summed E-state index contributed by atoms with van der Waals surface area (Å²) in [4.78, 5) is 21.4. The van der Waals surface area contributed by atoms with Gasteiger partial charge in [-0.25, -0.2) is 9.97 Å². The summed E-state index contributed by atoms with van der Waals surface area (Å²) < 4.78 is 0. The summed E-state index contributed by atoms with van der Waals surface area (Å²) in [6.45, 7) is 4.39. The molecule has 0 spiro atoms. The summed E-state index contributed by atoms with van der Waals surface area (Å²) in [7, 11) is 0. The average Bonchev–Trinajstić information content (AvgIpc) is 2.80. The first kappa shape index (κ1) is 13.5. The standard InChI is InChI=1S/C13H16N4OS/c1-3-10-4-9(5-12(14)17-10)13(18)15-6-11-8(2)16-7-19-11/h4-5,7H,3,6H2,1-2H3,(H2,14,17)(H,15,18). The van der Waals surface area contributed by atoms with Gasteiger partial charge in [0.25, 0.3) is 5.91 Å². The number of carbonyl (C=O) groups is 1. The number of aromatic nitrogens is 2. The maximum atomic E-state index is 12.1. The van der Waals surface area contributed by atoms with Crippen LogP contribution in [0, 0.1) is 6.92 Å². The Morgan fingerprint density at radius 2 is 2.26 bits per heavy atom. The molecule has 0 aliphatic carbocycles. The summed E-state index contributed by atoms with van der Waals surface area (Å²) in [5, 5.41) is 2.87. The number of nitrogen functional groups attached to an aromatic ring is 1. The van der Waals surface area contributed by atoms with Crippen LogP contribution < -0.4 is 11.1 Å². The highest BCUT2D eigenvalue weighted by atomic mass is 32.1. The summed E-state index contributed by atoms with van der Waals surface area (Å²) in [5.41, 5.74) is 9.78. The molecule has 0 atom stereocenters. The van der Waals surface area contributed by atoms with Crippen LogP contribution in [0.5, 0.6) is 0 Å². The van der Waals surface area contributed by atoms with Crippen LogP contribution in [-0.4, -0.2) is 15.9 Å². The third-order valence-electron chi connectivity index (χ3n) is 2.78. The summed E-state index contributed by atoms with van der Waals surface area (Å²) in [5.74, 6) is 0.232. The Morgan fingerprint density at radius 3 is 2.89 bits per heavy atom. The lowest BCUT2D eigenvalue weighted by Crippen LogP contribution is -2.23. The van der Waals surface area contributed by atoms with Gasteiger partial charge in [0.2, 0.25) is 0 Å². The number of rotatable bonds is 4. The van der Waals surface area contributed by atoms with Crippen molar-refractivity contribution in [2.45, 2.75) is 26.8 Å². The lowest BCUT2D eigenvalue weighted by atomic mass is 10.2. The number of carbonyl (C=O) groups excluding carboxylic acids is 1. The van der Waals surface area contributed by atoms with Crippen LogP contribution in [-0.2, 0) is 13.0 Å². The SMILES string of the molecule is CCc1cc(C(=O)NCc2scnc2C)cc(N)n1. The molecule has 0 aliphatic rings. The zero-order valence-electron chi connectivity index (χ0n) is 10.9. The van der Waals surface area contributed by atoms with Gasteiger partial charge >= 0.3 is 0 Å². The van der Waals surface area contributed by atoms with E-state index in [2.05, 4.69) is 15.3 Å². The first-order chi connectivity index (χ1) is 9.10. The molecule has 0 bridgehead atoms. The molecule has 2 heterocycles. The van der Waals surface area contributed by atoms with E-state index < -0.39 is 0 Å². The molecule has 19 heavy (non-hydrogen) atoms. The molecule has 0 unspecified atom stereocenters. The van der Waals surface area contributed by atoms with E-state index in [9.17, 15) is 4.79 Å². The second kappa shape index (κ2) is 5.79. The maximum absolute atomic E-state index is 12.1. The Bertz CT molecular complexity index is 594. The van der Waals surface area contributed by atoms with Crippen LogP contribution in [0.2, 0.25) is 0 Å². The van der Waals surface area contributed by atoms with Crippen molar-refractivity contribution in [2.75, 3.05) is 5.73 Å². The predicted octanol–water partition coefficient (Wildman–Crippen LogP) is 1.92. The fourth-order valence-corrected chi connectivity index (χ4v) is 2.40. The highest BCUT2D eigenvalue weighted by Gasteiger charge is 2.09. The minimum absolute atomic E-state index is 0.142. The molecular formula is C13H16N4OS. The number of hydrogen-bond acceptors (Lipinski definition) is 5. The monoisotopic (exact) mass is 276 g/mol. The van der Waals surface area contributed by atoms with Gasteiger partial charge in [-0.3, -0.25) is 4.79 Å². The fraction of sp³-hybridized carbons (Fsp3) is 0.308. The molecular weight excluding hydrogens is 260 g/mol. The molecule has 2 aromatic rings. The average molecular weight is 276 g/mol. The van der Waals surface area contributed by atoms with Crippen LogP contribution in [0.3, 0.4) is 0 Å². The Labute approximate surface area is 115 Å². The number of pyridine rings is 1. The van der Waals surface area contributed by atoms with E-state index in [1.165, 1.54) is 11.3 Å². The molecule has 1 amide bonds. The smallest absolute Gasteiger partial charge is 0.251 e. The number of nitrogens with two attached hydrogens (primary N) is 1. The quantitative estimate of drug-likeness (QED) is 0.894. The molecule has 0 aromatic carbocycles. The van der Waals surface area contributed by atoms with Crippen molar-refractivity contribution in [3.05, 3.63) is 39.5 Å². The second-order valence-electron chi connectivity index (χ2n) is 4.17. The Kier molecular flexibility index (Phi) is 4.11. The van der Waals surface area contributed by atoms with Gasteiger partial charge in [-0.15, -0.1) is 11.3 Å². The molecule has 6 heteroatoms. The zero-order valence-corrected chi connectivity index (χ0v) is 11.8. The summed E-state index contributed by atoms with van der Waals surface area (Å²) in [6, 6.07) is 3.36. The molecule has 100 valence electrons. The molecule has 5 nitrogen and oxygen atoms in total. The maximum Gasteiger partial charge on any atom is 0.251 e. The molecule has 0 aliphatic heterocycles. The van der Waals surface area contributed by atoms with Gasteiger partial charge in [0.15, 0.2) is 0 Å². The van der Waals surface area contributed by atoms with Crippen molar-refractivity contribution in [2.24, 2.45) is 0 Å². The van der Waals surface area contributed by atoms with Gasteiger partial charge in [-0.2, -0.15) is 0 Å². The van der Waals surface area contributed by atoms with Crippen LogP contribution in [0.25, 0.3) is 0 Å². The van der Waals surface area contributed by atoms with E-state index in [0.29, 0.717) is 17.9 Å². The fourth-order valence-electron chi connectivity index (χ4n) is 1.68. The van der Waals surface area contributed by atoms with Crippen molar-refractivity contribution >= 4 is 23.1 Å². The predicted molar refractivity (Wildman–Crippen MR) is 76.0 cm³/mol. The van der Waals surface area contributed by atoms with Crippen molar-refractivity contribution in [3.8, 4) is 0 Å². The third kappa shape index (κ3) is 3.29.